The molecular formula is C23H32F2N4O4S. The van der Waals surface area contributed by atoms with Crippen LogP contribution in [0.15, 0.2) is 48.5 Å². The lowest BCUT2D eigenvalue weighted by Crippen LogP contribution is -2.47. The SMILES string of the molecule is NC(Cc1cc(F)ccc1F)CS(=O)(=O)NCCCCNC(=O)C(O)C(N)Cc1ccccc1. The predicted octanol–water partition coefficient (Wildman–Crippen LogP) is 0.581. The van der Waals surface area contributed by atoms with Gasteiger partial charge in [-0.3, -0.25) is 4.79 Å². The smallest absolute Gasteiger partial charge is 0.250 e. The Kier molecular flexibility index (Phi) is 11.0. The minimum Gasteiger partial charge on any atom is -0.382 e. The van der Waals surface area contributed by atoms with Crippen molar-refractivity contribution in [2.24, 2.45) is 11.5 Å². The monoisotopic (exact) mass is 498 g/mol. The molecule has 0 fully saturated rings. The molecule has 0 bridgehead atoms. The van der Waals surface area contributed by atoms with Crippen molar-refractivity contribution in [1.29, 1.82) is 0 Å². The van der Waals surface area contributed by atoms with Crippen LogP contribution in [0.3, 0.4) is 0 Å². The molecule has 0 aromatic heterocycles. The Morgan fingerprint density at radius 3 is 2.38 bits per heavy atom. The minimum absolute atomic E-state index is 0.0177. The van der Waals surface area contributed by atoms with E-state index in [1.54, 1.807) is 0 Å². The number of carbonyl (C=O) groups excluding carboxylic acids is 1. The van der Waals surface area contributed by atoms with Crippen LogP contribution in [0.25, 0.3) is 0 Å². The minimum atomic E-state index is -3.72. The Bertz CT molecular complexity index is 1020. The lowest BCUT2D eigenvalue weighted by Gasteiger charge is -2.18. The van der Waals surface area contributed by atoms with E-state index >= 15 is 0 Å². The zero-order valence-electron chi connectivity index (χ0n) is 18.8. The van der Waals surface area contributed by atoms with Crippen molar-refractivity contribution >= 4 is 15.9 Å². The summed E-state index contributed by atoms with van der Waals surface area (Å²) in [4.78, 5) is 12.1. The topological polar surface area (TPSA) is 148 Å². The van der Waals surface area contributed by atoms with Crippen molar-refractivity contribution in [2.45, 2.75) is 43.9 Å². The van der Waals surface area contributed by atoms with Gasteiger partial charge in [0, 0.05) is 25.2 Å². The van der Waals surface area contributed by atoms with E-state index in [2.05, 4.69) is 10.0 Å². The van der Waals surface area contributed by atoms with Gasteiger partial charge >= 0.3 is 0 Å². The highest BCUT2D eigenvalue weighted by atomic mass is 32.2. The van der Waals surface area contributed by atoms with E-state index < -0.39 is 51.5 Å². The molecule has 2 rings (SSSR count). The Hall–Kier alpha value is -2.44. The second kappa shape index (κ2) is 13.4. The van der Waals surface area contributed by atoms with E-state index in [-0.39, 0.29) is 25.1 Å². The molecular weight excluding hydrogens is 466 g/mol. The maximum atomic E-state index is 13.7. The number of unbranched alkanes of at least 4 members (excludes halogenated alkanes) is 1. The van der Waals surface area contributed by atoms with Gasteiger partial charge in [0.1, 0.15) is 17.7 Å². The number of nitrogens with two attached hydrogens (primary N) is 2. The molecule has 0 spiro atoms. The number of hydrogen-bond acceptors (Lipinski definition) is 6. The van der Waals surface area contributed by atoms with Crippen molar-refractivity contribution in [2.75, 3.05) is 18.8 Å². The number of nitrogens with one attached hydrogen (secondary N) is 2. The number of benzene rings is 2. The number of sulfonamides is 1. The number of aliphatic hydroxyl groups excluding tert-OH is 1. The molecule has 2 aromatic rings. The first kappa shape index (κ1) is 27.8. The first-order chi connectivity index (χ1) is 16.1. The van der Waals surface area contributed by atoms with Gasteiger partial charge in [0.15, 0.2) is 0 Å². The summed E-state index contributed by atoms with van der Waals surface area (Å²) in [5, 5.41) is 12.7. The average Bonchev–Trinajstić information content (AvgIpc) is 2.78. The van der Waals surface area contributed by atoms with Gasteiger partial charge in [-0.15, -0.1) is 0 Å². The van der Waals surface area contributed by atoms with Crippen LogP contribution in [0.1, 0.15) is 24.0 Å². The largest absolute Gasteiger partial charge is 0.382 e. The summed E-state index contributed by atoms with van der Waals surface area (Å²) in [6, 6.07) is 10.6. The first-order valence-electron chi connectivity index (χ1n) is 11.0. The molecule has 7 N–H and O–H groups in total. The fourth-order valence-electron chi connectivity index (χ4n) is 3.37. The molecule has 8 nitrogen and oxygen atoms in total. The van der Waals surface area contributed by atoms with Gasteiger partial charge in [-0.25, -0.2) is 21.9 Å². The lowest BCUT2D eigenvalue weighted by molar-refractivity contribution is -0.130. The van der Waals surface area contributed by atoms with Crippen molar-refractivity contribution < 1.29 is 27.1 Å². The Morgan fingerprint density at radius 1 is 1.00 bits per heavy atom. The van der Waals surface area contributed by atoms with Crippen LogP contribution >= 0.6 is 0 Å². The van der Waals surface area contributed by atoms with Crippen LogP contribution in [0.4, 0.5) is 8.78 Å². The first-order valence-corrected chi connectivity index (χ1v) is 12.6. The molecule has 188 valence electrons. The lowest BCUT2D eigenvalue weighted by atomic mass is 10.0. The van der Waals surface area contributed by atoms with Gasteiger partial charge in [-0.2, -0.15) is 0 Å². The van der Waals surface area contributed by atoms with Crippen molar-refractivity contribution in [3.05, 3.63) is 71.3 Å². The molecule has 0 saturated carbocycles. The summed E-state index contributed by atoms with van der Waals surface area (Å²) in [6.45, 7) is 0.364. The molecule has 1 amide bonds. The molecule has 0 aliphatic rings. The van der Waals surface area contributed by atoms with Crippen LogP contribution < -0.4 is 21.5 Å². The van der Waals surface area contributed by atoms with E-state index in [0.29, 0.717) is 19.3 Å². The third-order valence-corrected chi connectivity index (χ3v) is 6.65. The second-order valence-corrected chi connectivity index (χ2v) is 10.0. The van der Waals surface area contributed by atoms with E-state index in [0.717, 1.165) is 23.8 Å². The van der Waals surface area contributed by atoms with Crippen LogP contribution in [0, 0.1) is 11.6 Å². The van der Waals surface area contributed by atoms with Gasteiger partial charge in [0.25, 0.3) is 0 Å². The zero-order chi connectivity index (χ0) is 25.1. The molecule has 0 radical (unpaired) electrons. The second-order valence-electron chi connectivity index (χ2n) is 8.17. The zero-order valence-corrected chi connectivity index (χ0v) is 19.6. The standard InChI is InChI=1S/C23H32F2N4O4S/c24-18-8-9-20(25)17(13-18)14-19(26)15-34(32,33)29-11-5-4-10-28-23(31)22(30)21(27)12-16-6-2-1-3-7-16/h1-3,6-9,13,19,21-22,29-30H,4-5,10-12,14-15,26-27H2,(H,28,31). The molecule has 0 aliphatic carbocycles. The maximum absolute atomic E-state index is 13.7. The number of carbonyl (C=O) groups is 1. The average molecular weight is 499 g/mol. The van der Waals surface area contributed by atoms with Crippen molar-refractivity contribution in [3.8, 4) is 0 Å². The highest BCUT2D eigenvalue weighted by Crippen LogP contribution is 2.12. The summed E-state index contributed by atoms with van der Waals surface area (Å²) in [6.07, 6.45) is -0.228. The Morgan fingerprint density at radius 2 is 1.68 bits per heavy atom. The van der Waals surface area contributed by atoms with Gasteiger partial charge in [0.05, 0.1) is 5.75 Å². The number of aliphatic hydroxyl groups is 1. The summed E-state index contributed by atoms with van der Waals surface area (Å²) < 4.78 is 53.7. The van der Waals surface area contributed by atoms with Gasteiger partial charge in [-0.05, 0) is 55.0 Å². The predicted molar refractivity (Wildman–Crippen MR) is 126 cm³/mol. The van der Waals surface area contributed by atoms with Gasteiger partial charge in [0.2, 0.25) is 15.9 Å². The molecule has 11 heteroatoms. The normalized spacial score (nSPS) is 14.4. The van der Waals surface area contributed by atoms with Gasteiger partial charge < -0.3 is 21.9 Å². The van der Waals surface area contributed by atoms with Crippen molar-refractivity contribution in [1.82, 2.24) is 10.0 Å². The van der Waals surface area contributed by atoms with Crippen LogP contribution in [0.5, 0.6) is 0 Å². The summed E-state index contributed by atoms with van der Waals surface area (Å²) >= 11 is 0. The van der Waals surface area contributed by atoms with E-state index in [1.807, 2.05) is 30.3 Å². The Labute approximate surface area is 198 Å². The summed E-state index contributed by atoms with van der Waals surface area (Å²) in [5.41, 5.74) is 12.7. The third kappa shape index (κ3) is 9.82. The fourth-order valence-corrected chi connectivity index (χ4v) is 4.62. The Balaban J connectivity index is 1.63. The van der Waals surface area contributed by atoms with E-state index in [9.17, 15) is 27.1 Å². The number of rotatable bonds is 14. The molecule has 0 saturated heterocycles. The molecule has 34 heavy (non-hydrogen) atoms. The van der Waals surface area contributed by atoms with Crippen LogP contribution in [-0.4, -0.2) is 56.5 Å². The van der Waals surface area contributed by atoms with Crippen LogP contribution in [-0.2, 0) is 27.7 Å². The van der Waals surface area contributed by atoms with Crippen molar-refractivity contribution in [3.63, 3.8) is 0 Å². The van der Waals surface area contributed by atoms with E-state index in [1.165, 1.54) is 0 Å². The number of halogens is 2. The maximum Gasteiger partial charge on any atom is 0.250 e. The molecule has 3 atom stereocenters. The number of amides is 1. The van der Waals surface area contributed by atoms with E-state index in [4.69, 9.17) is 11.5 Å². The molecule has 2 aromatic carbocycles. The molecule has 3 unspecified atom stereocenters. The summed E-state index contributed by atoms with van der Waals surface area (Å²) in [7, 11) is -3.72. The highest BCUT2D eigenvalue weighted by Gasteiger charge is 2.23. The third-order valence-electron chi connectivity index (χ3n) is 5.14. The quantitative estimate of drug-likeness (QED) is 0.241. The fraction of sp³-hybridized carbons (Fsp3) is 0.435. The molecule has 0 aliphatic heterocycles. The molecule has 0 heterocycles. The summed E-state index contributed by atoms with van der Waals surface area (Å²) in [5.74, 6) is -2.29. The number of hydrogen-bond donors (Lipinski definition) is 5. The van der Waals surface area contributed by atoms with Gasteiger partial charge in [-0.1, -0.05) is 30.3 Å². The van der Waals surface area contributed by atoms with Crippen LogP contribution in [0.2, 0.25) is 0 Å². The highest BCUT2D eigenvalue weighted by molar-refractivity contribution is 7.89.